The number of ether oxygens (including phenoxy) is 3. The predicted molar refractivity (Wildman–Crippen MR) is 98.8 cm³/mol. The largest absolute Gasteiger partial charge is 0.493 e. The molecule has 1 amide bonds. The lowest BCUT2D eigenvalue weighted by atomic mass is 10.2. The molecule has 150 valence electrons. The van der Waals surface area contributed by atoms with Gasteiger partial charge in [-0.1, -0.05) is 13.8 Å². The number of alkyl halides is 2. The summed E-state index contributed by atoms with van der Waals surface area (Å²) in [7, 11) is 0. The van der Waals surface area contributed by atoms with Crippen molar-refractivity contribution in [3.05, 3.63) is 54.1 Å². The maximum atomic E-state index is 12.1. The van der Waals surface area contributed by atoms with Crippen LogP contribution < -0.4 is 14.8 Å². The molecular weight excluding hydrogens is 372 g/mol. The standard InChI is InChI=1S/C20H21F2NO5/c1-13(2)11-26-16-7-3-14(4-8-16)19(25)27-12-18(24)23-15-5-9-17(10-6-15)28-20(21)22/h3-10,13,20H,11-12H2,1-2H3,(H,23,24). The van der Waals surface area contributed by atoms with E-state index in [1.165, 1.54) is 24.3 Å². The van der Waals surface area contributed by atoms with Crippen molar-refractivity contribution in [3.63, 3.8) is 0 Å². The lowest BCUT2D eigenvalue weighted by molar-refractivity contribution is -0.119. The number of rotatable bonds is 9. The molecule has 0 unspecified atom stereocenters. The molecule has 0 aliphatic heterocycles. The van der Waals surface area contributed by atoms with Gasteiger partial charge >= 0.3 is 12.6 Å². The minimum Gasteiger partial charge on any atom is -0.493 e. The van der Waals surface area contributed by atoms with Crippen molar-refractivity contribution in [1.29, 1.82) is 0 Å². The summed E-state index contributed by atoms with van der Waals surface area (Å²) in [6, 6.07) is 11.8. The summed E-state index contributed by atoms with van der Waals surface area (Å²) in [6.45, 7) is 1.22. The number of benzene rings is 2. The predicted octanol–water partition coefficient (Wildman–Crippen LogP) is 4.12. The molecule has 2 aromatic carbocycles. The van der Waals surface area contributed by atoms with Crippen LogP contribution in [0.4, 0.5) is 14.5 Å². The quantitative estimate of drug-likeness (QED) is 0.649. The number of amides is 1. The highest BCUT2D eigenvalue weighted by molar-refractivity contribution is 5.95. The van der Waals surface area contributed by atoms with Gasteiger partial charge in [-0.05, 0) is 54.4 Å². The molecule has 0 spiro atoms. The number of hydrogen-bond acceptors (Lipinski definition) is 5. The summed E-state index contributed by atoms with van der Waals surface area (Å²) in [6.07, 6.45) is 0. The molecule has 0 bridgehead atoms. The van der Waals surface area contributed by atoms with E-state index in [0.29, 0.717) is 24.0 Å². The van der Waals surface area contributed by atoms with Crippen LogP contribution in [-0.2, 0) is 9.53 Å². The van der Waals surface area contributed by atoms with Gasteiger partial charge in [-0.15, -0.1) is 0 Å². The summed E-state index contributed by atoms with van der Waals surface area (Å²) < 4.78 is 38.9. The van der Waals surface area contributed by atoms with Gasteiger partial charge in [-0.3, -0.25) is 4.79 Å². The van der Waals surface area contributed by atoms with Gasteiger partial charge in [0.25, 0.3) is 5.91 Å². The zero-order chi connectivity index (χ0) is 20.5. The number of carbonyl (C=O) groups is 2. The lowest BCUT2D eigenvalue weighted by Gasteiger charge is -2.10. The van der Waals surface area contributed by atoms with Gasteiger partial charge < -0.3 is 19.5 Å². The van der Waals surface area contributed by atoms with Crippen molar-refractivity contribution in [2.45, 2.75) is 20.5 Å². The number of halogens is 2. The molecule has 0 saturated carbocycles. The zero-order valence-corrected chi connectivity index (χ0v) is 15.5. The van der Waals surface area contributed by atoms with Gasteiger partial charge in [0.05, 0.1) is 12.2 Å². The van der Waals surface area contributed by atoms with Crippen LogP contribution in [0.3, 0.4) is 0 Å². The molecule has 6 nitrogen and oxygen atoms in total. The van der Waals surface area contributed by atoms with Gasteiger partial charge in [-0.25, -0.2) is 4.79 Å². The van der Waals surface area contributed by atoms with E-state index in [1.54, 1.807) is 24.3 Å². The van der Waals surface area contributed by atoms with Crippen LogP contribution in [0.15, 0.2) is 48.5 Å². The van der Waals surface area contributed by atoms with Crippen LogP contribution >= 0.6 is 0 Å². The highest BCUT2D eigenvalue weighted by Gasteiger charge is 2.11. The van der Waals surface area contributed by atoms with Crippen LogP contribution in [0.25, 0.3) is 0 Å². The fraction of sp³-hybridized carbons (Fsp3) is 0.300. The molecule has 2 rings (SSSR count). The molecule has 0 radical (unpaired) electrons. The monoisotopic (exact) mass is 393 g/mol. The van der Waals surface area contributed by atoms with Gasteiger partial charge in [0.1, 0.15) is 11.5 Å². The SMILES string of the molecule is CC(C)COc1ccc(C(=O)OCC(=O)Nc2ccc(OC(F)F)cc2)cc1. The Hall–Kier alpha value is -3.16. The Morgan fingerprint density at radius 1 is 0.964 bits per heavy atom. The number of anilines is 1. The molecule has 0 heterocycles. The molecule has 0 saturated heterocycles. The molecule has 0 aliphatic carbocycles. The average Bonchev–Trinajstić information content (AvgIpc) is 2.66. The Morgan fingerprint density at radius 2 is 1.57 bits per heavy atom. The maximum absolute atomic E-state index is 12.1. The van der Waals surface area contributed by atoms with Crippen molar-refractivity contribution in [1.82, 2.24) is 0 Å². The third-order valence-corrected chi connectivity index (χ3v) is 3.37. The van der Waals surface area contributed by atoms with Gasteiger partial charge in [0, 0.05) is 5.69 Å². The van der Waals surface area contributed by atoms with E-state index in [1.807, 2.05) is 13.8 Å². The summed E-state index contributed by atoms with van der Waals surface area (Å²) in [5.41, 5.74) is 0.646. The molecule has 8 heteroatoms. The Kier molecular flexibility index (Phi) is 7.74. The Balaban J connectivity index is 1.79. The minimum absolute atomic E-state index is 0.0275. The van der Waals surface area contributed by atoms with E-state index in [9.17, 15) is 18.4 Å². The summed E-state index contributed by atoms with van der Waals surface area (Å²) in [5, 5.41) is 2.49. The Morgan fingerprint density at radius 3 is 2.14 bits per heavy atom. The number of nitrogens with one attached hydrogen (secondary N) is 1. The summed E-state index contributed by atoms with van der Waals surface area (Å²) in [4.78, 5) is 23.9. The van der Waals surface area contributed by atoms with Crippen LogP contribution in [0.1, 0.15) is 24.2 Å². The van der Waals surface area contributed by atoms with Gasteiger partial charge in [0.15, 0.2) is 6.61 Å². The molecular formula is C20H21F2NO5. The van der Waals surface area contributed by atoms with Crippen LogP contribution in [0.2, 0.25) is 0 Å². The van der Waals surface area contributed by atoms with Gasteiger partial charge in [0.2, 0.25) is 0 Å². The molecule has 1 N–H and O–H groups in total. The van der Waals surface area contributed by atoms with E-state index in [2.05, 4.69) is 10.1 Å². The van der Waals surface area contributed by atoms with E-state index in [-0.39, 0.29) is 11.3 Å². The van der Waals surface area contributed by atoms with E-state index in [4.69, 9.17) is 9.47 Å². The van der Waals surface area contributed by atoms with Crippen LogP contribution in [0, 0.1) is 5.92 Å². The average molecular weight is 393 g/mol. The molecule has 0 aromatic heterocycles. The number of esters is 1. The summed E-state index contributed by atoms with van der Waals surface area (Å²) in [5.74, 6) is -0.210. The number of carbonyl (C=O) groups excluding carboxylic acids is 2. The van der Waals surface area contributed by atoms with Crippen molar-refractivity contribution in [2.24, 2.45) is 5.92 Å². The summed E-state index contributed by atoms with van der Waals surface area (Å²) >= 11 is 0. The molecule has 0 atom stereocenters. The third kappa shape index (κ3) is 7.22. The first-order valence-electron chi connectivity index (χ1n) is 8.58. The number of hydrogen-bond donors (Lipinski definition) is 1. The Bertz CT molecular complexity index is 776. The molecule has 0 fully saturated rings. The van der Waals surface area contributed by atoms with Crippen molar-refractivity contribution in [3.8, 4) is 11.5 Å². The Labute approximate surface area is 161 Å². The smallest absolute Gasteiger partial charge is 0.387 e. The highest BCUT2D eigenvalue weighted by atomic mass is 19.3. The third-order valence-electron chi connectivity index (χ3n) is 3.37. The van der Waals surface area contributed by atoms with Gasteiger partial charge in [-0.2, -0.15) is 8.78 Å². The highest BCUT2D eigenvalue weighted by Crippen LogP contribution is 2.18. The first-order valence-corrected chi connectivity index (χ1v) is 8.58. The second-order valence-electron chi connectivity index (χ2n) is 6.26. The minimum atomic E-state index is -2.92. The van der Waals surface area contributed by atoms with Crippen LogP contribution in [0.5, 0.6) is 11.5 Å². The molecule has 28 heavy (non-hydrogen) atoms. The van der Waals surface area contributed by atoms with Crippen molar-refractivity contribution >= 4 is 17.6 Å². The molecule has 2 aromatic rings. The second kappa shape index (κ2) is 10.2. The van der Waals surface area contributed by atoms with Crippen molar-refractivity contribution in [2.75, 3.05) is 18.5 Å². The maximum Gasteiger partial charge on any atom is 0.387 e. The molecule has 0 aliphatic rings. The first kappa shape index (κ1) is 21.1. The lowest BCUT2D eigenvalue weighted by Crippen LogP contribution is -2.20. The second-order valence-corrected chi connectivity index (χ2v) is 6.26. The van der Waals surface area contributed by atoms with E-state index in [0.717, 1.165) is 0 Å². The fourth-order valence-corrected chi connectivity index (χ4v) is 2.08. The zero-order valence-electron chi connectivity index (χ0n) is 15.5. The fourth-order valence-electron chi connectivity index (χ4n) is 2.08. The topological polar surface area (TPSA) is 73.9 Å². The first-order chi connectivity index (χ1) is 13.3. The normalized spacial score (nSPS) is 10.6. The van der Waals surface area contributed by atoms with Crippen LogP contribution in [-0.4, -0.2) is 31.7 Å². The van der Waals surface area contributed by atoms with E-state index < -0.39 is 25.1 Å². The van der Waals surface area contributed by atoms with E-state index >= 15 is 0 Å². The van der Waals surface area contributed by atoms with Crippen molar-refractivity contribution < 1.29 is 32.6 Å².